The van der Waals surface area contributed by atoms with Crippen LogP contribution in [0.2, 0.25) is 0 Å². The van der Waals surface area contributed by atoms with Crippen molar-refractivity contribution in [1.29, 1.82) is 10.5 Å². The summed E-state index contributed by atoms with van der Waals surface area (Å²) in [5.74, 6) is -2.14. The molecule has 0 fully saturated rings. The molecule has 0 bridgehead atoms. The molecule has 0 spiro atoms. The van der Waals surface area contributed by atoms with E-state index in [2.05, 4.69) is 0 Å². The topological polar surface area (TPSA) is 181 Å². The molecule has 162 valence electrons. The summed E-state index contributed by atoms with van der Waals surface area (Å²) in [5.41, 5.74) is -1.64. The van der Waals surface area contributed by atoms with Gasteiger partial charge in [-0.05, 0) is 42.0 Å². The Morgan fingerprint density at radius 2 is 1.61 bits per heavy atom. The standard InChI is InChI=1S/C24H12N2O7/c25-9-17(29)20-15(27)7-5-13-19(11-3-1-2-4-12(11)24(31)32)14-6-8-16(28)21(18(30)10-26)23(14)33-22(13)20/h1-8,17-18,27H,(H,31,32)/q-2/t17-,18+/m0/s1. The molecule has 2 N–H and O–H groups in total. The normalized spacial score (nSPS) is 12.7. The zero-order valence-corrected chi connectivity index (χ0v) is 16.6. The van der Waals surface area contributed by atoms with Crippen LogP contribution in [0.4, 0.5) is 0 Å². The highest BCUT2D eigenvalue weighted by Crippen LogP contribution is 2.45. The van der Waals surface area contributed by atoms with Crippen molar-refractivity contribution in [3.05, 3.63) is 75.4 Å². The molecular formula is C24H12N2O7-2. The first kappa shape index (κ1) is 21.5. The van der Waals surface area contributed by atoms with Crippen molar-refractivity contribution in [2.45, 2.75) is 12.2 Å². The van der Waals surface area contributed by atoms with Gasteiger partial charge in [0, 0.05) is 33.7 Å². The first-order chi connectivity index (χ1) is 15.8. The van der Waals surface area contributed by atoms with Crippen LogP contribution < -0.4 is 15.6 Å². The number of carbonyl (C=O) groups is 1. The van der Waals surface area contributed by atoms with Crippen LogP contribution in [0.5, 0.6) is 5.75 Å². The SMILES string of the molecule is N#C[C@@H]([O-])c1c2oc3c([C@@H]([O-])C#N)c(O)ccc3c(-c3ccccc3C(=O)O)c-2ccc1=O. The molecule has 1 aliphatic carbocycles. The first-order valence-corrected chi connectivity index (χ1v) is 9.49. The summed E-state index contributed by atoms with van der Waals surface area (Å²) in [4.78, 5) is 24.4. The molecule has 0 unspecified atom stereocenters. The second-order valence-corrected chi connectivity index (χ2v) is 7.08. The number of nitrogens with zero attached hydrogens (tertiary/aromatic N) is 2. The summed E-state index contributed by atoms with van der Waals surface area (Å²) < 4.78 is 5.77. The van der Waals surface area contributed by atoms with E-state index in [-0.39, 0.29) is 39.0 Å². The summed E-state index contributed by atoms with van der Waals surface area (Å²) in [5, 5.41) is 63.2. The highest BCUT2D eigenvalue weighted by Gasteiger charge is 2.27. The largest absolute Gasteiger partial charge is 0.837 e. The number of phenols is 1. The molecule has 0 aromatic heterocycles. The molecule has 2 atom stereocenters. The van der Waals surface area contributed by atoms with Crippen LogP contribution in [0, 0.1) is 22.7 Å². The Hall–Kier alpha value is -4.70. The number of nitriles is 2. The molecule has 2 aromatic rings. The smallest absolute Gasteiger partial charge is 0.336 e. The predicted octanol–water partition coefficient (Wildman–Crippen LogP) is 1.82. The molecule has 0 radical (unpaired) electrons. The number of rotatable bonds is 4. The lowest BCUT2D eigenvalue weighted by Gasteiger charge is -2.24. The van der Waals surface area contributed by atoms with Crippen molar-refractivity contribution in [2.75, 3.05) is 0 Å². The molecule has 2 aromatic carbocycles. The van der Waals surface area contributed by atoms with E-state index in [1.807, 2.05) is 0 Å². The van der Waals surface area contributed by atoms with Crippen molar-refractivity contribution in [2.24, 2.45) is 0 Å². The monoisotopic (exact) mass is 440 g/mol. The number of carboxylic acid groups (broad SMARTS) is 1. The zero-order chi connectivity index (χ0) is 23.9. The maximum absolute atomic E-state index is 12.5. The van der Waals surface area contributed by atoms with E-state index in [0.717, 1.165) is 6.07 Å². The van der Waals surface area contributed by atoms with Gasteiger partial charge < -0.3 is 24.8 Å². The third kappa shape index (κ3) is 3.34. The van der Waals surface area contributed by atoms with Crippen LogP contribution in [0.25, 0.3) is 33.4 Å². The lowest BCUT2D eigenvalue weighted by Crippen LogP contribution is -2.23. The number of carboxylic acids is 1. The molecule has 9 heteroatoms. The first-order valence-electron chi connectivity index (χ1n) is 9.49. The van der Waals surface area contributed by atoms with Crippen molar-refractivity contribution >= 4 is 16.9 Å². The molecule has 4 rings (SSSR count). The van der Waals surface area contributed by atoms with Gasteiger partial charge in [0.25, 0.3) is 0 Å². The van der Waals surface area contributed by atoms with Crippen molar-refractivity contribution in [3.63, 3.8) is 0 Å². The van der Waals surface area contributed by atoms with Gasteiger partial charge >= 0.3 is 5.97 Å². The maximum Gasteiger partial charge on any atom is 0.336 e. The predicted molar refractivity (Wildman–Crippen MR) is 110 cm³/mol. The van der Waals surface area contributed by atoms with Gasteiger partial charge in [0.05, 0.1) is 17.7 Å². The lowest BCUT2D eigenvalue weighted by atomic mass is 9.87. The molecule has 9 nitrogen and oxygen atoms in total. The average Bonchev–Trinajstić information content (AvgIpc) is 2.81. The Morgan fingerprint density at radius 3 is 2.27 bits per heavy atom. The Kier molecular flexibility index (Phi) is 5.28. The maximum atomic E-state index is 12.5. The zero-order valence-electron chi connectivity index (χ0n) is 16.6. The molecule has 1 heterocycles. The van der Waals surface area contributed by atoms with E-state index in [9.17, 15) is 35.3 Å². The second kappa shape index (κ2) is 8.09. The quantitative estimate of drug-likeness (QED) is 0.447. The van der Waals surface area contributed by atoms with E-state index in [0.29, 0.717) is 0 Å². The van der Waals surface area contributed by atoms with Crippen LogP contribution in [0.15, 0.2) is 57.7 Å². The van der Waals surface area contributed by atoms with Crippen LogP contribution in [-0.4, -0.2) is 16.2 Å². The van der Waals surface area contributed by atoms with E-state index >= 15 is 0 Å². The number of aromatic hydroxyl groups is 1. The molecular weight excluding hydrogens is 428 g/mol. The number of phenolic OH excluding ortho intramolecular Hbond substituents is 1. The number of aromatic carboxylic acids is 1. The third-order valence-corrected chi connectivity index (χ3v) is 5.26. The van der Waals surface area contributed by atoms with Gasteiger partial charge in [-0.15, -0.1) is 0 Å². The lowest BCUT2D eigenvalue weighted by molar-refractivity contribution is -0.406. The Balaban J connectivity index is 2.32. The van der Waals surface area contributed by atoms with Gasteiger partial charge in [0.1, 0.15) is 17.1 Å². The molecule has 1 aliphatic heterocycles. The van der Waals surface area contributed by atoms with E-state index in [4.69, 9.17) is 9.68 Å². The third-order valence-electron chi connectivity index (χ3n) is 5.26. The van der Waals surface area contributed by atoms with Crippen LogP contribution in [0.3, 0.4) is 0 Å². The van der Waals surface area contributed by atoms with Crippen LogP contribution in [0.1, 0.15) is 33.7 Å². The fourth-order valence-corrected chi connectivity index (χ4v) is 3.84. The molecule has 0 amide bonds. The summed E-state index contributed by atoms with van der Waals surface area (Å²) in [6, 6.07) is 13.8. The Labute approximate surface area is 185 Å². The van der Waals surface area contributed by atoms with Crippen LogP contribution >= 0.6 is 0 Å². The number of benzene rings is 3. The Bertz CT molecular complexity index is 1540. The minimum atomic E-state index is -2.13. The minimum Gasteiger partial charge on any atom is -0.837 e. The summed E-state index contributed by atoms with van der Waals surface area (Å²) in [6.07, 6.45) is -4.22. The van der Waals surface area contributed by atoms with Crippen molar-refractivity contribution in [3.8, 4) is 40.3 Å². The molecule has 33 heavy (non-hydrogen) atoms. The summed E-state index contributed by atoms with van der Waals surface area (Å²) in [7, 11) is 0. The van der Waals surface area contributed by atoms with Gasteiger partial charge in [-0.3, -0.25) is 4.79 Å². The van der Waals surface area contributed by atoms with Gasteiger partial charge in [0.2, 0.25) is 0 Å². The van der Waals surface area contributed by atoms with Crippen molar-refractivity contribution < 1.29 is 29.6 Å². The fourth-order valence-electron chi connectivity index (χ4n) is 3.84. The van der Waals surface area contributed by atoms with E-state index < -0.39 is 40.5 Å². The van der Waals surface area contributed by atoms with Gasteiger partial charge in [-0.2, -0.15) is 10.5 Å². The van der Waals surface area contributed by atoms with Crippen LogP contribution in [-0.2, 0) is 0 Å². The highest BCUT2D eigenvalue weighted by molar-refractivity contribution is 6.08. The van der Waals surface area contributed by atoms with E-state index in [1.54, 1.807) is 6.07 Å². The number of hydrogen-bond donors (Lipinski definition) is 2. The number of fused-ring (bicyclic) bond motifs is 2. The van der Waals surface area contributed by atoms with Gasteiger partial charge in [0.15, 0.2) is 5.43 Å². The highest BCUT2D eigenvalue weighted by atomic mass is 16.4. The molecule has 0 saturated heterocycles. The van der Waals surface area contributed by atoms with Gasteiger partial charge in [-0.1, -0.05) is 18.2 Å². The van der Waals surface area contributed by atoms with Gasteiger partial charge in [-0.25, -0.2) is 4.79 Å². The minimum absolute atomic E-state index is 0.119. The summed E-state index contributed by atoms with van der Waals surface area (Å²) >= 11 is 0. The molecule has 0 saturated carbocycles. The summed E-state index contributed by atoms with van der Waals surface area (Å²) in [6.45, 7) is 0. The van der Waals surface area contributed by atoms with Crippen molar-refractivity contribution in [1.82, 2.24) is 0 Å². The van der Waals surface area contributed by atoms with E-state index in [1.165, 1.54) is 48.5 Å². The Morgan fingerprint density at radius 1 is 0.939 bits per heavy atom. The number of hydrogen-bond acceptors (Lipinski definition) is 8. The average molecular weight is 440 g/mol. The molecule has 2 aliphatic rings. The second-order valence-electron chi connectivity index (χ2n) is 7.08. The fraction of sp³-hybridized carbons (Fsp3) is 0.0833.